The lowest BCUT2D eigenvalue weighted by Crippen LogP contribution is -2.39. The van der Waals surface area contributed by atoms with Crippen molar-refractivity contribution in [3.8, 4) is 0 Å². The molecule has 0 aliphatic rings. The van der Waals surface area contributed by atoms with Crippen molar-refractivity contribution in [1.29, 1.82) is 0 Å². The number of hydrogen-bond donors (Lipinski definition) is 1. The molecule has 0 saturated heterocycles. The van der Waals surface area contributed by atoms with Crippen molar-refractivity contribution in [3.05, 3.63) is 96.3 Å². The number of hydrogen-bond acceptors (Lipinski definition) is 2. The summed E-state index contributed by atoms with van der Waals surface area (Å²) in [4.78, 5) is 0.386. The van der Waals surface area contributed by atoms with E-state index in [4.69, 9.17) is 12.2 Å². The average molecular weight is 360 g/mol. The van der Waals surface area contributed by atoms with Crippen LogP contribution in [0.5, 0.6) is 0 Å². The quantitative estimate of drug-likeness (QED) is 0.327. The highest BCUT2D eigenvalue weighted by Crippen LogP contribution is 2.17. The summed E-state index contributed by atoms with van der Waals surface area (Å²) in [6.07, 6.45) is 4.59. The summed E-state index contributed by atoms with van der Waals surface area (Å²) in [5.41, 5.74) is 3.08. The Kier molecular flexibility index (Phi) is 5.77. The summed E-state index contributed by atoms with van der Waals surface area (Å²) in [5, 5.41) is 16.4. The van der Waals surface area contributed by atoms with E-state index in [1.165, 1.54) is 5.56 Å². The third-order valence-electron chi connectivity index (χ3n) is 4.06. The molecule has 0 aliphatic carbocycles. The number of rotatable bonds is 5. The van der Waals surface area contributed by atoms with Crippen LogP contribution < -0.4 is 15.0 Å². The van der Waals surface area contributed by atoms with E-state index >= 15 is 0 Å². The van der Waals surface area contributed by atoms with Crippen LogP contribution in [0.25, 0.3) is 11.5 Å². The van der Waals surface area contributed by atoms with Gasteiger partial charge in [-0.3, -0.25) is 0 Å². The summed E-state index contributed by atoms with van der Waals surface area (Å²) < 4.78 is 1.76. The van der Waals surface area contributed by atoms with Crippen LogP contribution in [0.3, 0.4) is 0 Å². The van der Waals surface area contributed by atoms with Gasteiger partial charge >= 0.3 is 0 Å². The van der Waals surface area contributed by atoms with Gasteiger partial charge in [-0.1, -0.05) is 67.7 Å². The highest BCUT2D eigenvalue weighted by Gasteiger charge is 2.18. The SMILES string of the molecule is CCc1ccc(C([O-])=C(C(=S)Nc2ccccc2)[n+]2ccccc2)cc1. The molecular formula is C22H20N2OS. The molecule has 3 rings (SSSR count). The van der Waals surface area contributed by atoms with Crippen molar-refractivity contribution in [1.82, 2.24) is 0 Å². The highest BCUT2D eigenvalue weighted by atomic mass is 32.1. The lowest BCUT2D eigenvalue weighted by atomic mass is 10.1. The van der Waals surface area contributed by atoms with E-state index in [-0.39, 0.29) is 5.76 Å². The van der Waals surface area contributed by atoms with Gasteiger partial charge in [0.25, 0.3) is 0 Å². The van der Waals surface area contributed by atoms with E-state index in [1.54, 1.807) is 4.57 Å². The predicted octanol–water partition coefficient (Wildman–Crippen LogP) is 3.66. The van der Waals surface area contributed by atoms with Gasteiger partial charge in [-0.15, -0.1) is 0 Å². The van der Waals surface area contributed by atoms with Crippen LogP contribution in [0.4, 0.5) is 5.69 Å². The fourth-order valence-electron chi connectivity index (χ4n) is 2.63. The van der Waals surface area contributed by atoms with E-state index in [0.717, 1.165) is 12.1 Å². The minimum atomic E-state index is -0.114. The highest BCUT2D eigenvalue weighted by molar-refractivity contribution is 7.81. The first-order chi connectivity index (χ1) is 12.7. The first kappa shape index (κ1) is 17.8. The fourth-order valence-corrected chi connectivity index (χ4v) is 2.94. The molecule has 4 heteroatoms. The number of thiocarbonyl (C=S) groups is 1. The summed E-state index contributed by atoms with van der Waals surface area (Å²) in [6.45, 7) is 2.09. The second-order valence-corrected chi connectivity index (χ2v) is 6.24. The largest absolute Gasteiger partial charge is 0.867 e. The van der Waals surface area contributed by atoms with Crippen molar-refractivity contribution in [2.24, 2.45) is 0 Å². The van der Waals surface area contributed by atoms with Gasteiger partial charge in [-0.05, 0) is 35.4 Å². The Bertz CT molecular complexity index is 904. The fraction of sp³-hybridized carbons (Fsp3) is 0.0909. The molecular weight excluding hydrogens is 340 g/mol. The Morgan fingerprint density at radius 2 is 1.54 bits per heavy atom. The maximum absolute atomic E-state index is 13.2. The molecule has 0 unspecified atom stereocenters. The molecule has 0 fully saturated rings. The molecule has 0 saturated carbocycles. The van der Waals surface area contributed by atoms with Gasteiger partial charge in [0.15, 0.2) is 17.4 Å². The Morgan fingerprint density at radius 3 is 2.15 bits per heavy atom. The zero-order valence-corrected chi connectivity index (χ0v) is 15.4. The number of anilines is 1. The van der Waals surface area contributed by atoms with Crippen molar-refractivity contribution in [2.75, 3.05) is 5.32 Å². The number of pyridine rings is 1. The third-order valence-corrected chi connectivity index (χ3v) is 4.36. The van der Waals surface area contributed by atoms with E-state index in [2.05, 4.69) is 12.2 Å². The molecule has 1 aromatic heterocycles. The van der Waals surface area contributed by atoms with Crippen LogP contribution >= 0.6 is 12.2 Å². The Morgan fingerprint density at radius 1 is 0.923 bits per heavy atom. The van der Waals surface area contributed by atoms with Crippen LogP contribution in [0.1, 0.15) is 18.1 Å². The molecule has 130 valence electrons. The van der Waals surface area contributed by atoms with Gasteiger partial charge in [0, 0.05) is 17.8 Å². The smallest absolute Gasteiger partial charge is 0.238 e. The maximum atomic E-state index is 13.2. The number of aromatic nitrogens is 1. The topological polar surface area (TPSA) is 39.0 Å². The zero-order chi connectivity index (χ0) is 18.4. The number of para-hydroxylation sites is 1. The van der Waals surface area contributed by atoms with E-state index in [9.17, 15) is 5.11 Å². The van der Waals surface area contributed by atoms with Crippen molar-refractivity contribution in [3.63, 3.8) is 0 Å². The third kappa shape index (κ3) is 4.16. The van der Waals surface area contributed by atoms with Crippen LogP contribution in [0, 0.1) is 0 Å². The molecule has 1 N–H and O–H groups in total. The number of aryl methyl sites for hydroxylation is 1. The first-order valence-electron chi connectivity index (χ1n) is 8.52. The Balaban J connectivity index is 2.03. The van der Waals surface area contributed by atoms with Gasteiger partial charge in [-0.25, -0.2) is 0 Å². The lowest BCUT2D eigenvalue weighted by molar-refractivity contribution is -0.577. The van der Waals surface area contributed by atoms with Crippen LogP contribution in [-0.4, -0.2) is 4.99 Å². The van der Waals surface area contributed by atoms with Crippen molar-refractivity contribution < 1.29 is 9.67 Å². The Labute approximate surface area is 159 Å². The van der Waals surface area contributed by atoms with Crippen molar-refractivity contribution in [2.45, 2.75) is 13.3 Å². The summed E-state index contributed by atoms with van der Waals surface area (Å²) in [5.74, 6) is -0.114. The van der Waals surface area contributed by atoms with Gasteiger partial charge in [0.2, 0.25) is 5.70 Å². The second-order valence-electron chi connectivity index (χ2n) is 5.83. The van der Waals surface area contributed by atoms with Crippen LogP contribution in [-0.2, 0) is 6.42 Å². The predicted molar refractivity (Wildman–Crippen MR) is 108 cm³/mol. The van der Waals surface area contributed by atoms with Crippen LogP contribution in [0.15, 0.2) is 85.2 Å². The molecule has 0 bridgehead atoms. The Hall–Kier alpha value is -2.98. The molecule has 1 heterocycles. The summed E-state index contributed by atoms with van der Waals surface area (Å²) in [6, 6.07) is 22.9. The molecule has 3 aromatic rings. The van der Waals surface area contributed by atoms with Gasteiger partial charge in [0.05, 0.1) is 0 Å². The average Bonchev–Trinajstić information content (AvgIpc) is 2.70. The molecule has 3 nitrogen and oxygen atoms in total. The molecule has 0 aliphatic heterocycles. The van der Waals surface area contributed by atoms with E-state index in [1.807, 2.05) is 85.2 Å². The maximum Gasteiger partial charge on any atom is 0.238 e. The number of nitrogens with one attached hydrogen (secondary N) is 1. The summed E-state index contributed by atoms with van der Waals surface area (Å²) in [7, 11) is 0. The van der Waals surface area contributed by atoms with Gasteiger partial charge in [-0.2, -0.15) is 4.57 Å². The normalized spacial score (nSPS) is 11.6. The number of benzene rings is 2. The molecule has 0 atom stereocenters. The first-order valence-corrected chi connectivity index (χ1v) is 8.93. The van der Waals surface area contributed by atoms with E-state index in [0.29, 0.717) is 16.2 Å². The summed E-state index contributed by atoms with van der Waals surface area (Å²) >= 11 is 5.57. The van der Waals surface area contributed by atoms with Crippen molar-refractivity contribution >= 4 is 34.3 Å². The van der Waals surface area contributed by atoms with Gasteiger partial charge < -0.3 is 10.4 Å². The zero-order valence-electron chi connectivity index (χ0n) is 14.6. The minimum Gasteiger partial charge on any atom is -0.867 e. The van der Waals surface area contributed by atoms with Gasteiger partial charge in [0.1, 0.15) is 0 Å². The molecule has 2 aromatic carbocycles. The molecule has 26 heavy (non-hydrogen) atoms. The number of nitrogens with zero attached hydrogens (tertiary/aromatic N) is 1. The molecule has 0 amide bonds. The standard InChI is InChI=1S/C22H20N2OS/c1-2-17-11-13-18(14-12-17)21(25)20(24-15-7-4-8-16-24)22(26)23-19-9-5-3-6-10-19/h3-16H,2H2,1H3,(H-,23,25,26). The molecule has 0 radical (unpaired) electrons. The van der Waals surface area contributed by atoms with E-state index < -0.39 is 0 Å². The lowest BCUT2D eigenvalue weighted by Gasteiger charge is -2.17. The second kappa shape index (κ2) is 8.41. The monoisotopic (exact) mass is 360 g/mol. The van der Waals surface area contributed by atoms with Crippen LogP contribution in [0.2, 0.25) is 0 Å². The minimum absolute atomic E-state index is 0.114. The molecule has 0 spiro atoms.